The molecule has 0 spiro atoms. The van der Waals surface area contributed by atoms with Crippen molar-refractivity contribution < 1.29 is 18.3 Å². The molecule has 9 heteroatoms. The normalized spacial score (nSPS) is 19.0. The first-order chi connectivity index (χ1) is 11.8. The van der Waals surface area contributed by atoms with Crippen LogP contribution in [-0.2, 0) is 19.3 Å². The molecule has 1 aliphatic heterocycles. The number of aliphatic hydroxyl groups excluding tert-OH is 1. The molecule has 0 unspecified atom stereocenters. The van der Waals surface area contributed by atoms with E-state index in [9.17, 15) is 18.3 Å². The van der Waals surface area contributed by atoms with Crippen molar-refractivity contribution >= 4 is 17.4 Å². The zero-order valence-corrected chi connectivity index (χ0v) is 13.9. The molecule has 0 saturated heterocycles. The number of hydrogen-bond donors (Lipinski definition) is 1. The lowest BCUT2D eigenvalue weighted by Gasteiger charge is -2.29. The SMILES string of the molecule is O[C@H](c1cc2n(n1)CCN(c1ncc(C(F)(F)F)cc1Cl)C2)C1CC1. The number of aromatic nitrogens is 3. The summed E-state index contributed by atoms with van der Waals surface area (Å²) in [5.74, 6) is 0.616. The number of halogens is 4. The van der Waals surface area contributed by atoms with Crippen LogP contribution in [-0.4, -0.2) is 26.4 Å². The van der Waals surface area contributed by atoms with Gasteiger partial charge in [0.25, 0.3) is 0 Å². The van der Waals surface area contributed by atoms with E-state index in [1.165, 1.54) is 0 Å². The fourth-order valence-corrected chi connectivity index (χ4v) is 3.37. The molecule has 134 valence electrons. The molecule has 5 nitrogen and oxygen atoms in total. The maximum absolute atomic E-state index is 12.7. The average Bonchev–Trinajstić information content (AvgIpc) is 3.31. The topological polar surface area (TPSA) is 54.2 Å². The molecule has 1 saturated carbocycles. The van der Waals surface area contributed by atoms with Gasteiger partial charge in [0.05, 0.1) is 35.1 Å². The summed E-state index contributed by atoms with van der Waals surface area (Å²) in [6.07, 6.45) is -2.18. The summed E-state index contributed by atoms with van der Waals surface area (Å²) in [5.41, 5.74) is 0.683. The second-order valence-corrected chi connectivity index (χ2v) is 6.92. The highest BCUT2D eigenvalue weighted by Crippen LogP contribution is 2.41. The number of hydrogen-bond acceptors (Lipinski definition) is 4. The van der Waals surface area contributed by atoms with Gasteiger partial charge in [-0.1, -0.05) is 11.6 Å². The summed E-state index contributed by atoms with van der Waals surface area (Å²) in [7, 11) is 0. The van der Waals surface area contributed by atoms with Crippen LogP contribution in [0.2, 0.25) is 5.02 Å². The molecule has 1 aliphatic carbocycles. The van der Waals surface area contributed by atoms with Gasteiger partial charge in [-0.2, -0.15) is 18.3 Å². The number of rotatable bonds is 3. The van der Waals surface area contributed by atoms with E-state index in [4.69, 9.17) is 11.6 Å². The molecule has 3 heterocycles. The number of alkyl halides is 3. The van der Waals surface area contributed by atoms with E-state index in [0.717, 1.165) is 30.8 Å². The van der Waals surface area contributed by atoms with Crippen molar-refractivity contribution in [1.29, 1.82) is 0 Å². The summed E-state index contributed by atoms with van der Waals surface area (Å²) in [5, 5.41) is 14.6. The molecule has 0 amide bonds. The molecule has 1 N–H and O–H groups in total. The summed E-state index contributed by atoms with van der Waals surface area (Å²) in [6, 6.07) is 2.76. The lowest BCUT2D eigenvalue weighted by molar-refractivity contribution is -0.137. The Morgan fingerprint density at radius 1 is 1.24 bits per heavy atom. The van der Waals surface area contributed by atoms with E-state index in [1.807, 2.05) is 15.6 Å². The molecule has 25 heavy (non-hydrogen) atoms. The summed E-state index contributed by atoms with van der Waals surface area (Å²) in [4.78, 5) is 5.74. The van der Waals surface area contributed by atoms with Gasteiger partial charge in [0.2, 0.25) is 0 Å². The fraction of sp³-hybridized carbons (Fsp3) is 0.500. The molecule has 1 fully saturated rings. The summed E-state index contributed by atoms with van der Waals surface area (Å²) >= 11 is 6.03. The zero-order valence-electron chi connectivity index (χ0n) is 13.2. The molecule has 4 rings (SSSR count). The number of fused-ring (bicyclic) bond motifs is 1. The van der Waals surface area contributed by atoms with Gasteiger partial charge in [0.15, 0.2) is 0 Å². The lowest BCUT2D eigenvalue weighted by atomic mass is 10.1. The van der Waals surface area contributed by atoms with Gasteiger partial charge in [-0.3, -0.25) is 4.68 Å². The minimum absolute atomic E-state index is 0.0268. The van der Waals surface area contributed by atoms with Gasteiger partial charge >= 0.3 is 6.18 Å². The number of aliphatic hydroxyl groups is 1. The van der Waals surface area contributed by atoms with Gasteiger partial charge in [0, 0.05) is 12.7 Å². The largest absolute Gasteiger partial charge is 0.417 e. The van der Waals surface area contributed by atoms with Crippen LogP contribution in [0.5, 0.6) is 0 Å². The maximum Gasteiger partial charge on any atom is 0.417 e. The Labute approximate surface area is 147 Å². The van der Waals surface area contributed by atoms with E-state index >= 15 is 0 Å². The Morgan fingerprint density at radius 2 is 2.00 bits per heavy atom. The van der Waals surface area contributed by atoms with E-state index in [1.54, 1.807) is 0 Å². The summed E-state index contributed by atoms with van der Waals surface area (Å²) < 4.78 is 40.0. The molecule has 2 aliphatic rings. The van der Waals surface area contributed by atoms with E-state index in [-0.39, 0.29) is 5.02 Å². The van der Waals surface area contributed by atoms with E-state index in [0.29, 0.717) is 37.1 Å². The zero-order chi connectivity index (χ0) is 17.8. The smallest absolute Gasteiger partial charge is 0.386 e. The predicted molar refractivity (Wildman–Crippen MR) is 85.2 cm³/mol. The molecule has 0 bridgehead atoms. The quantitative estimate of drug-likeness (QED) is 0.897. The van der Waals surface area contributed by atoms with Crippen molar-refractivity contribution in [2.24, 2.45) is 5.92 Å². The number of nitrogens with zero attached hydrogens (tertiary/aromatic N) is 4. The Morgan fingerprint density at radius 3 is 2.64 bits per heavy atom. The Kier molecular flexibility index (Phi) is 3.92. The Hall–Kier alpha value is -1.80. The highest BCUT2D eigenvalue weighted by Gasteiger charge is 2.34. The first kappa shape index (κ1) is 16.7. The van der Waals surface area contributed by atoms with Crippen LogP contribution in [0.1, 0.15) is 35.9 Å². The first-order valence-electron chi connectivity index (χ1n) is 8.05. The fourth-order valence-electron chi connectivity index (χ4n) is 3.09. The van der Waals surface area contributed by atoms with Crippen LogP contribution in [0.4, 0.5) is 19.0 Å². The predicted octanol–water partition coefficient (Wildman–Crippen LogP) is 3.41. The van der Waals surface area contributed by atoms with E-state index < -0.39 is 17.8 Å². The number of pyridine rings is 1. The summed E-state index contributed by atoms with van der Waals surface area (Å²) in [6.45, 7) is 1.53. The molecule has 2 aromatic heterocycles. The second-order valence-electron chi connectivity index (χ2n) is 6.51. The Balaban J connectivity index is 1.56. The van der Waals surface area contributed by atoms with Crippen LogP contribution in [0.15, 0.2) is 18.3 Å². The van der Waals surface area contributed by atoms with Crippen molar-refractivity contribution in [2.75, 3.05) is 11.4 Å². The van der Waals surface area contributed by atoms with Crippen LogP contribution in [0.25, 0.3) is 0 Å². The molecule has 1 atom stereocenters. The van der Waals surface area contributed by atoms with Crippen molar-refractivity contribution in [3.05, 3.63) is 40.3 Å². The minimum Gasteiger partial charge on any atom is -0.386 e. The van der Waals surface area contributed by atoms with Gasteiger partial charge in [-0.25, -0.2) is 4.98 Å². The minimum atomic E-state index is -4.47. The van der Waals surface area contributed by atoms with Crippen LogP contribution < -0.4 is 4.90 Å². The lowest BCUT2D eigenvalue weighted by Crippen LogP contribution is -2.34. The molecular formula is C16H16ClF3N4O. The van der Waals surface area contributed by atoms with Crippen molar-refractivity contribution in [3.8, 4) is 0 Å². The molecule has 0 aromatic carbocycles. The van der Waals surface area contributed by atoms with Crippen molar-refractivity contribution in [1.82, 2.24) is 14.8 Å². The monoisotopic (exact) mass is 372 g/mol. The average molecular weight is 373 g/mol. The Bertz CT molecular complexity index is 803. The van der Waals surface area contributed by atoms with Crippen molar-refractivity contribution in [2.45, 2.75) is 38.2 Å². The van der Waals surface area contributed by atoms with Crippen molar-refractivity contribution in [3.63, 3.8) is 0 Å². The maximum atomic E-state index is 12.7. The molecular weight excluding hydrogens is 357 g/mol. The van der Waals surface area contributed by atoms with E-state index in [2.05, 4.69) is 10.1 Å². The third-order valence-electron chi connectivity index (χ3n) is 4.64. The van der Waals surface area contributed by atoms with Gasteiger partial charge in [0.1, 0.15) is 11.9 Å². The molecule has 2 aromatic rings. The van der Waals surface area contributed by atoms with Gasteiger partial charge in [-0.15, -0.1) is 0 Å². The second kappa shape index (κ2) is 5.88. The van der Waals surface area contributed by atoms with Gasteiger partial charge in [-0.05, 0) is 30.9 Å². The highest BCUT2D eigenvalue weighted by atomic mass is 35.5. The molecule has 0 radical (unpaired) electrons. The number of anilines is 1. The third-order valence-corrected chi connectivity index (χ3v) is 4.92. The van der Waals surface area contributed by atoms with Crippen LogP contribution in [0.3, 0.4) is 0 Å². The van der Waals surface area contributed by atoms with Crippen LogP contribution in [0, 0.1) is 5.92 Å². The van der Waals surface area contributed by atoms with Crippen LogP contribution >= 0.6 is 11.6 Å². The third kappa shape index (κ3) is 3.20. The van der Waals surface area contributed by atoms with Gasteiger partial charge < -0.3 is 10.0 Å². The highest BCUT2D eigenvalue weighted by molar-refractivity contribution is 6.33. The standard InChI is InChI=1S/C16H16ClF3N4O/c17-12-5-10(16(18,19)20)7-21-15(12)23-3-4-24-11(8-23)6-13(22-24)14(25)9-1-2-9/h5-7,9,14,25H,1-4,8H2/t14-/m0/s1. The first-order valence-corrected chi connectivity index (χ1v) is 8.43.